The van der Waals surface area contributed by atoms with Crippen LogP contribution < -0.4 is 15.4 Å². The number of halogens is 5. The van der Waals surface area contributed by atoms with Gasteiger partial charge in [0.2, 0.25) is 11.8 Å². The van der Waals surface area contributed by atoms with Crippen molar-refractivity contribution in [3.05, 3.63) is 34.1 Å². The van der Waals surface area contributed by atoms with Crippen LogP contribution in [-0.4, -0.2) is 44.8 Å². The highest BCUT2D eigenvalue weighted by atomic mass is 35.5. The Morgan fingerprint density at radius 3 is 2.50 bits per heavy atom. The average Bonchev–Trinajstić information content (AvgIpc) is 2.97. The number of anilines is 2. The van der Waals surface area contributed by atoms with Gasteiger partial charge in [-0.15, -0.1) is 0 Å². The zero-order valence-electron chi connectivity index (χ0n) is 15.6. The molecule has 0 radical (unpaired) electrons. The Labute approximate surface area is 178 Å². The number of aromatic nitrogens is 4. The van der Waals surface area contributed by atoms with Crippen LogP contribution in [0.2, 0.25) is 10.0 Å². The molecule has 0 aliphatic heterocycles. The molecule has 3 heterocycles. The number of fused-ring (bicyclic) bond motifs is 1. The standard InChI is InChI=1S/C17H15Cl2F3N6O2/c1-3-24-14(29)8-4-11-13(27-15(8)30-7-17(20,21)22)28(2)16(25-11)26-12-9(18)5-23-6-10(12)19/h4-6H,3,7H2,1-2H3,(H,24,29)(H,23,25,26). The molecular weight excluding hydrogens is 448 g/mol. The first kappa shape index (κ1) is 21.9. The molecule has 0 atom stereocenters. The molecule has 0 aromatic carbocycles. The van der Waals surface area contributed by atoms with Crippen LogP contribution in [0.15, 0.2) is 18.5 Å². The SMILES string of the molecule is CCNC(=O)c1cc2nc(Nc3c(Cl)cncc3Cl)n(C)c2nc1OCC(F)(F)F. The minimum Gasteiger partial charge on any atom is -0.467 e. The van der Waals surface area contributed by atoms with E-state index in [2.05, 4.69) is 25.6 Å². The third-order valence-corrected chi connectivity index (χ3v) is 4.43. The summed E-state index contributed by atoms with van der Waals surface area (Å²) in [4.78, 5) is 24.6. The fraction of sp³-hybridized carbons (Fsp3) is 0.294. The van der Waals surface area contributed by atoms with Gasteiger partial charge in [0.25, 0.3) is 5.91 Å². The minimum atomic E-state index is -4.59. The highest BCUT2D eigenvalue weighted by molar-refractivity contribution is 6.39. The summed E-state index contributed by atoms with van der Waals surface area (Å²) < 4.78 is 44.1. The first-order chi connectivity index (χ1) is 14.1. The van der Waals surface area contributed by atoms with Crippen LogP contribution in [-0.2, 0) is 7.05 Å². The van der Waals surface area contributed by atoms with Gasteiger partial charge in [0.1, 0.15) is 11.1 Å². The summed E-state index contributed by atoms with van der Waals surface area (Å²) in [6, 6.07) is 1.31. The van der Waals surface area contributed by atoms with E-state index in [1.165, 1.54) is 23.0 Å². The molecular formula is C17H15Cl2F3N6O2. The van der Waals surface area contributed by atoms with Crippen LogP contribution >= 0.6 is 23.2 Å². The number of nitrogens with one attached hydrogen (secondary N) is 2. The molecule has 0 saturated heterocycles. The Kier molecular flexibility index (Phi) is 6.22. The van der Waals surface area contributed by atoms with Gasteiger partial charge in [-0.25, -0.2) is 4.98 Å². The molecule has 0 fully saturated rings. The van der Waals surface area contributed by atoms with Crippen LogP contribution in [0.25, 0.3) is 11.2 Å². The number of carbonyl (C=O) groups excluding carboxylic acids is 1. The van der Waals surface area contributed by atoms with E-state index >= 15 is 0 Å². The number of imidazole rings is 1. The predicted octanol–water partition coefficient (Wildman–Crippen LogP) is 4.10. The lowest BCUT2D eigenvalue weighted by atomic mass is 10.2. The van der Waals surface area contributed by atoms with Gasteiger partial charge in [0.15, 0.2) is 12.3 Å². The summed E-state index contributed by atoms with van der Waals surface area (Å²) in [5.41, 5.74) is 0.605. The fourth-order valence-corrected chi connectivity index (χ4v) is 2.99. The number of ether oxygens (including phenoxy) is 1. The molecule has 3 rings (SSSR count). The van der Waals surface area contributed by atoms with Gasteiger partial charge in [0, 0.05) is 26.0 Å². The topological polar surface area (TPSA) is 94.0 Å². The first-order valence-electron chi connectivity index (χ1n) is 8.52. The van der Waals surface area contributed by atoms with Gasteiger partial charge in [-0.3, -0.25) is 14.3 Å². The lowest BCUT2D eigenvalue weighted by molar-refractivity contribution is -0.154. The highest BCUT2D eigenvalue weighted by Gasteiger charge is 2.30. The monoisotopic (exact) mass is 462 g/mol. The second-order valence-corrected chi connectivity index (χ2v) is 6.86. The van der Waals surface area contributed by atoms with Crippen molar-refractivity contribution in [2.45, 2.75) is 13.1 Å². The summed E-state index contributed by atoms with van der Waals surface area (Å²) >= 11 is 12.2. The van der Waals surface area contributed by atoms with Gasteiger partial charge in [-0.05, 0) is 13.0 Å². The number of rotatable bonds is 6. The molecule has 0 aliphatic rings. The van der Waals surface area contributed by atoms with Crippen LogP contribution in [0, 0.1) is 0 Å². The maximum absolute atomic E-state index is 12.6. The molecule has 13 heteroatoms. The Bertz CT molecular complexity index is 1080. The molecule has 0 aliphatic carbocycles. The number of hydrogen-bond acceptors (Lipinski definition) is 6. The number of pyridine rings is 2. The van der Waals surface area contributed by atoms with Gasteiger partial charge in [0.05, 0.1) is 15.7 Å². The van der Waals surface area contributed by atoms with E-state index in [0.717, 1.165) is 0 Å². The van der Waals surface area contributed by atoms with Crippen LogP contribution in [0.3, 0.4) is 0 Å². The summed E-state index contributed by atoms with van der Waals surface area (Å²) in [5, 5.41) is 5.91. The van der Waals surface area contributed by atoms with Gasteiger partial charge in [-0.2, -0.15) is 18.2 Å². The lowest BCUT2D eigenvalue weighted by Gasteiger charge is -2.12. The second kappa shape index (κ2) is 8.52. The number of alkyl halides is 3. The molecule has 160 valence electrons. The van der Waals surface area contributed by atoms with Crippen molar-refractivity contribution in [1.82, 2.24) is 24.8 Å². The van der Waals surface area contributed by atoms with Crippen LogP contribution in [0.4, 0.5) is 24.8 Å². The van der Waals surface area contributed by atoms with Gasteiger partial charge in [-0.1, -0.05) is 23.2 Å². The quantitative estimate of drug-likeness (QED) is 0.572. The summed E-state index contributed by atoms with van der Waals surface area (Å²) in [6.45, 7) is 0.345. The van der Waals surface area contributed by atoms with Crippen molar-refractivity contribution in [3.8, 4) is 5.88 Å². The van der Waals surface area contributed by atoms with Gasteiger partial charge >= 0.3 is 6.18 Å². The summed E-state index contributed by atoms with van der Waals surface area (Å²) in [7, 11) is 1.58. The van der Waals surface area contributed by atoms with Crippen LogP contribution in [0.5, 0.6) is 5.88 Å². The smallest absolute Gasteiger partial charge is 0.422 e. The Hall–Kier alpha value is -2.79. The molecule has 1 amide bonds. The molecule has 2 N–H and O–H groups in total. The minimum absolute atomic E-state index is 0.168. The number of carbonyl (C=O) groups is 1. The Balaban J connectivity index is 2.07. The molecule has 0 spiro atoms. The van der Waals surface area contributed by atoms with E-state index in [4.69, 9.17) is 27.9 Å². The molecule has 0 bridgehead atoms. The maximum atomic E-state index is 12.6. The van der Waals surface area contributed by atoms with Gasteiger partial charge < -0.3 is 15.4 Å². The number of aryl methyl sites for hydroxylation is 1. The van der Waals surface area contributed by atoms with E-state index in [1.54, 1.807) is 14.0 Å². The summed E-state index contributed by atoms with van der Waals surface area (Å²) in [5.74, 6) is -0.855. The molecule has 8 nitrogen and oxygen atoms in total. The molecule has 0 unspecified atom stereocenters. The highest BCUT2D eigenvalue weighted by Crippen LogP contribution is 2.33. The maximum Gasteiger partial charge on any atom is 0.422 e. The van der Waals surface area contributed by atoms with E-state index < -0.39 is 24.6 Å². The van der Waals surface area contributed by atoms with E-state index in [9.17, 15) is 18.0 Å². The normalized spacial score (nSPS) is 11.6. The number of amides is 1. The van der Waals surface area contributed by atoms with Crippen molar-refractivity contribution in [1.29, 1.82) is 0 Å². The molecule has 0 saturated carbocycles. The Morgan fingerprint density at radius 2 is 1.90 bits per heavy atom. The largest absolute Gasteiger partial charge is 0.467 e. The van der Waals surface area contributed by atoms with Crippen molar-refractivity contribution >= 4 is 51.9 Å². The third-order valence-electron chi connectivity index (χ3n) is 3.85. The molecule has 3 aromatic rings. The number of hydrogen-bond donors (Lipinski definition) is 2. The predicted molar refractivity (Wildman–Crippen MR) is 106 cm³/mol. The number of nitrogens with zero attached hydrogens (tertiary/aromatic N) is 4. The van der Waals surface area contributed by atoms with Crippen molar-refractivity contribution in [3.63, 3.8) is 0 Å². The van der Waals surface area contributed by atoms with Crippen molar-refractivity contribution < 1.29 is 22.7 Å². The fourth-order valence-electron chi connectivity index (χ4n) is 2.53. The zero-order valence-corrected chi connectivity index (χ0v) is 17.2. The van der Waals surface area contributed by atoms with Crippen molar-refractivity contribution in [2.75, 3.05) is 18.5 Å². The lowest BCUT2D eigenvalue weighted by Crippen LogP contribution is -2.25. The van der Waals surface area contributed by atoms with Crippen molar-refractivity contribution in [2.24, 2.45) is 7.05 Å². The van der Waals surface area contributed by atoms with E-state index in [0.29, 0.717) is 5.69 Å². The first-order valence-corrected chi connectivity index (χ1v) is 9.27. The third kappa shape index (κ3) is 4.68. The average molecular weight is 463 g/mol. The zero-order chi connectivity index (χ0) is 22.1. The molecule has 30 heavy (non-hydrogen) atoms. The van der Waals surface area contributed by atoms with Crippen LogP contribution in [0.1, 0.15) is 17.3 Å². The van der Waals surface area contributed by atoms with E-state index in [1.807, 2.05) is 0 Å². The Morgan fingerprint density at radius 1 is 1.23 bits per heavy atom. The molecule has 3 aromatic heterocycles. The second-order valence-electron chi connectivity index (χ2n) is 6.04. The summed E-state index contributed by atoms with van der Waals surface area (Å²) in [6.07, 6.45) is -1.83. The van der Waals surface area contributed by atoms with E-state index in [-0.39, 0.29) is 39.3 Å².